The molecular weight excluding hydrogens is 935 g/mol. The first kappa shape index (κ1) is 70.4. The molecule has 424 valence electrons. The van der Waals surface area contributed by atoms with Crippen LogP contribution in [0.15, 0.2) is 134 Å². The molecule has 0 aliphatic heterocycles. The van der Waals surface area contributed by atoms with Gasteiger partial charge < -0.3 is 28.5 Å². The molecule has 0 saturated carbocycles. The molecule has 2 atom stereocenters. The van der Waals surface area contributed by atoms with Gasteiger partial charge in [0.15, 0.2) is 6.10 Å². The van der Waals surface area contributed by atoms with Crippen molar-refractivity contribution in [3.63, 3.8) is 0 Å². The molecular formula is C66H108NO8+. The summed E-state index contributed by atoms with van der Waals surface area (Å²) in [6.07, 6.45) is 76.7. The number of carboxylic acid groups (broad SMARTS) is 1. The number of ether oxygens (including phenoxy) is 4. The summed E-state index contributed by atoms with van der Waals surface area (Å²) in [4.78, 5) is 37.4. The van der Waals surface area contributed by atoms with Crippen molar-refractivity contribution in [1.29, 1.82) is 0 Å². The Morgan fingerprint density at radius 3 is 1.13 bits per heavy atom. The Morgan fingerprint density at radius 1 is 0.413 bits per heavy atom. The van der Waals surface area contributed by atoms with Gasteiger partial charge in [-0.05, 0) is 116 Å². The first-order valence-electron chi connectivity index (χ1n) is 29.3. The number of aliphatic carboxylic acids is 1. The quantitative estimate of drug-likeness (QED) is 0.0211. The zero-order chi connectivity index (χ0) is 54.8. The standard InChI is InChI=1S/C66H107NO8/c1-6-8-10-12-14-16-18-20-22-23-24-25-26-27-28-29-30-31-32-33-34-35-36-37-38-39-40-41-43-45-47-49-51-53-55-57-64(69)75-62(61-74-66(65(70)71)72-59-58-67(3,4)5)60-73-63(68)56-54-52-50-48-46-44-42-21-19-17-15-13-11-9-7-2/h8,10,14-17,20-22,24-25,27-28,30-31,33-34,36-37,39-40,42,62,66H,6-7,9,11-13,18-19,23,26,29,32,35,38,41,43-61H2,1-5H3/p+1/b10-8-,16-14-,17-15-,22-20-,25-24-,28-27-,31-30-,34-33-,37-36-,40-39-,42-21-. The molecule has 0 heterocycles. The van der Waals surface area contributed by atoms with Crippen molar-refractivity contribution >= 4 is 17.9 Å². The molecule has 0 saturated heterocycles. The fourth-order valence-corrected chi connectivity index (χ4v) is 7.39. The Kier molecular flexibility index (Phi) is 52.3. The van der Waals surface area contributed by atoms with Crippen LogP contribution in [0.4, 0.5) is 0 Å². The van der Waals surface area contributed by atoms with Crippen LogP contribution in [0.3, 0.4) is 0 Å². The summed E-state index contributed by atoms with van der Waals surface area (Å²) in [6.45, 7) is 4.68. The molecule has 0 radical (unpaired) electrons. The number of carbonyl (C=O) groups is 3. The van der Waals surface area contributed by atoms with Gasteiger partial charge in [-0.25, -0.2) is 4.79 Å². The number of nitrogens with zero attached hydrogens (tertiary/aromatic N) is 1. The number of carboxylic acids is 1. The molecule has 1 N–H and O–H groups in total. The molecule has 0 amide bonds. The van der Waals surface area contributed by atoms with E-state index in [0.29, 0.717) is 17.4 Å². The van der Waals surface area contributed by atoms with Gasteiger partial charge in [-0.2, -0.15) is 0 Å². The number of carbonyl (C=O) groups excluding carboxylic acids is 2. The first-order valence-corrected chi connectivity index (χ1v) is 29.3. The number of allylic oxidation sites excluding steroid dienone is 22. The number of esters is 2. The van der Waals surface area contributed by atoms with Crippen LogP contribution in [0.1, 0.15) is 206 Å². The smallest absolute Gasteiger partial charge is 0.361 e. The van der Waals surface area contributed by atoms with E-state index in [0.717, 1.165) is 128 Å². The summed E-state index contributed by atoms with van der Waals surface area (Å²) in [5.74, 6) is -2.05. The second-order valence-corrected chi connectivity index (χ2v) is 20.2. The minimum atomic E-state index is -1.52. The summed E-state index contributed by atoms with van der Waals surface area (Å²) >= 11 is 0. The molecule has 0 aliphatic carbocycles. The van der Waals surface area contributed by atoms with Crippen LogP contribution in [-0.4, -0.2) is 87.4 Å². The van der Waals surface area contributed by atoms with Crippen molar-refractivity contribution in [2.45, 2.75) is 219 Å². The molecule has 0 aromatic heterocycles. The zero-order valence-corrected chi connectivity index (χ0v) is 48.2. The summed E-state index contributed by atoms with van der Waals surface area (Å²) in [7, 11) is 5.95. The number of unbranched alkanes of at least 4 members (excludes halogenated alkanes) is 15. The van der Waals surface area contributed by atoms with E-state index < -0.39 is 24.3 Å². The van der Waals surface area contributed by atoms with Gasteiger partial charge in [-0.15, -0.1) is 0 Å². The fourth-order valence-electron chi connectivity index (χ4n) is 7.39. The lowest BCUT2D eigenvalue weighted by molar-refractivity contribution is -0.870. The number of likely N-dealkylation sites (N-methyl/N-ethyl adjacent to an activating group) is 1. The normalized spacial score (nSPS) is 13.8. The van der Waals surface area contributed by atoms with Gasteiger partial charge in [0.25, 0.3) is 6.29 Å². The molecule has 0 bridgehead atoms. The number of hydrogen-bond donors (Lipinski definition) is 1. The largest absolute Gasteiger partial charge is 0.477 e. The maximum absolute atomic E-state index is 12.9. The molecule has 9 heteroatoms. The van der Waals surface area contributed by atoms with Gasteiger partial charge in [-0.3, -0.25) is 9.59 Å². The Bertz CT molecular complexity index is 1690. The van der Waals surface area contributed by atoms with Crippen LogP contribution in [0, 0.1) is 0 Å². The van der Waals surface area contributed by atoms with E-state index in [9.17, 15) is 19.5 Å². The number of quaternary nitrogens is 1. The number of rotatable bonds is 52. The van der Waals surface area contributed by atoms with Crippen molar-refractivity contribution < 1.29 is 42.9 Å². The van der Waals surface area contributed by atoms with Gasteiger partial charge in [0.1, 0.15) is 13.2 Å². The van der Waals surface area contributed by atoms with Crippen molar-refractivity contribution in [2.24, 2.45) is 0 Å². The van der Waals surface area contributed by atoms with Crippen molar-refractivity contribution in [3.05, 3.63) is 134 Å². The summed E-state index contributed by atoms with van der Waals surface area (Å²) in [5, 5.41) is 9.69. The fraction of sp³-hybridized carbons (Fsp3) is 0.621. The highest BCUT2D eigenvalue weighted by molar-refractivity contribution is 5.71. The van der Waals surface area contributed by atoms with E-state index in [1.807, 2.05) is 21.1 Å². The molecule has 0 aromatic rings. The third-order valence-electron chi connectivity index (χ3n) is 11.9. The minimum absolute atomic E-state index is 0.176. The van der Waals surface area contributed by atoms with Crippen LogP contribution in [0.5, 0.6) is 0 Å². The van der Waals surface area contributed by atoms with Crippen LogP contribution in [0.25, 0.3) is 0 Å². The maximum atomic E-state index is 12.9. The highest BCUT2D eigenvalue weighted by Crippen LogP contribution is 2.13. The van der Waals surface area contributed by atoms with Crippen molar-refractivity contribution in [3.8, 4) is 0 Å². The Labute approximate surface area is 459 Å². The van der Waals surface area contributed by atoms with Gasteiger partial charge in [-0.1, -0.05) is 212 Å². The lowest BCUT2D eigenvalue weighted by atomic mass is 10.1. The minimum Gasteiger partial charge on any atom is -0.477 e. The molecule has 0 aromatic carbocycles. The average Bonchev–Trinajstić information content (AvgIpc) is 3.38. The summed E-state index contributed by atoms with van der Waals surface area (Å²) in [5.41, 5.74) is 0. The maximum Gasteiger partial charge on any atom is 0.361 e. The average molecular weight is 1040 g/mol. The zero-order valence-electron chi connectivity index (χ0n) is 48.2. The van der Waals surface area contributed by atoms with Gasteiger partial charge in [0.05, 0.1) is 34.4 Å². The van der Waals surface area contributed by atoms with E-state index in [4.69, 9.17) is 18.9 Å². The van der Waals surface area contributed by atoms with Crippen LogP contribution >= 0.6 is 0 Å². The number of hydrogen-bond acceptors (Lipinski definition) is 7. The van der Waals surface area contributed by atoms with E-state index in [-0.39, 0.29) is 38.6 Å². The Balaban J connectivity index is 4.27. The topological polar surface area (TPSA) is 108 Å². The molecule has 0 spiro atoms. The predicted octanol–water partition coefficient (Wildman–Crippen LogP) is 17.5. The van der Waals surface area contributed by atoms with Gasteiger partial charge in [0, 0.05) is 12.8 Å². The molecule has 0 fully saturated rings. The van der Waals surface area contributed by atoms with Gasteiger partial charge >= 0.3 is 17.9 Å². The molecule has 2 unspecified atom stereocenters. The third kappa shape index (κ3) is 57.0. The van der Waals surface area contributed by atoms with E-state index in [1.54, 1.807) is 0 Å². The monoisotopic (exact) mass is 1040 g/mol. The summed E-state index contributed by atoms with van der Waals surface area (Å²) < 4.78 is 22.8. The second kappa shape index (κ2) is 55.7. The third-order valence-corrected chi connectivity index (χ3v) is 11.9. The van der Waals surface area contributed by atoms with Crippen molar-refractivity contribution in [1.82, 2.24) is 0 Å². The van der Waals surface area contributed by atoms with Gasteiger partial charge in [0.2, 0.25) is 0 Å². The van der Waals surface area contributed by atoms with Crippen LogP contribution in [0.2, 0.25) is 0 Å². The SMILES string of the molecule is CC/C=C\C/C=C\C/C=C\C/C=C\C/C=C\C/C=C\C/C=C\C/C=C\C/C=C\CCCCCCCCCC(=O)OC(COC(=O)CCCCCCC/C=C\C/C=C\CCCCC)COC(OCC[N+](C)(C)C)C(=O)O. The van der Waals surface area contributed by atoms with Crippen LogP contribution < -0.4 is 0 Å². The van der Waals surface area contributed by atoms with Crippen LogP contribution in [-0.2, 0) is 33.3 Å². The second-order valence-electron chi connectivity index (χ2n) is 20.2. The molecule has 75 heavy (non-hydrogen) atoms. The van der Waals surface area contributed by atoms with E-state index in [1.165, 1.54) is 44.9 Å². The Hall–Kier alpha value is -4.57. The molecule has 0 aliphatic rings. The van der Waals surface area contributed by atoms with E-state index in [2.05, 4.69) is 148 Å². The molecule has 0 rings (SSSR count). The molecule has 9 nitrogen and oxygen atoms in total. The van der Waals surface area contributed by atoms with Crippen molar-refractivity contribution in [2.75, 3.05) is 47.5 Å². The first-order chi connectivity index (χ1) is 36.6. The predicted molar refractivity (Wildman–Crippen MR) is 317 cm³/mol. The lowest BCUT2D eigenvalue weighted by Crippen LogP contribution is -2.40. The lowest BCUT2D eigenvalue weighted by Gasteiger charge is -2.25. The highest BCUT2D eigenvalue weighted by Gasteiger charge is 2.25. The Morgan fingerprint density at radius 2 is 0.760 bits per heavy atom. The van der Waals surface area contributed by atoms with E-state index >= 15 is 0 Å². The summed E-state index contributed by atoms with van der Waals surface area (Å²) in [6, 6.07) is 0. The highest BCUT2D eigenvalue weighted by atomic mass is 16.7.